The summed E-state index contributed by atoms with van der Waals surface area (Å²) in [4.78, 5) is 19.7. The first-order valence-electron chi connectivity index (χ1n) is 5.32. The maximum atomic E-state index is 10.9. The van der Waals surface area contributed by atoms with Crippen molar-refractivity contribution in [1.82, 2.24) is 20.2 Å². The highest BCUT2D eigenvalue weighted by Gasteiger charge is 2.20. The van der Waals surface area contributed by atoms with Crippen LogP contribution in [0.3, 0.4) is 0 Å². The highest BCUT2D eigenvalue weighted by atomic mass is 16.1. The lowest BCUT2D eigenvalue weighted by Gasteiger charge is -2.24. The van der Waals surface area contributed by atoms with Crippen LogP contribution < -0.4 is 5.32 Å². The molecule has 0 saturated carbocycles. The minimum absolute atomic E-state index is 0.227. The zero-order chi connectivity index (χ0) is 10.5. The number of nitrogens with one attached hydrogen (secondary N) is 2. The smallest absolute Gasteiger partial charge is 0.210 e. The number of hydrogen-bond donors (Lipinski definition) is 2. The van der Waals surface area contributed by atoms with Crippen LogP contribution in [0.2, 0.25) is 0 Å². The van der Waals surface area contributed by atoms with Crippen LogP contribution in [0.25, 0.3) is 0 Å². The van der Waals surface area contributed by atoms with Crippen molar-refractivity contribution in [3.05, 3.63) is 18.2 Å². The molecule has 1 saturated heterocycles. The molecular formula is C10H16N4O. The van der Waals surface area contributed by atoms with E-state index in [1.54, 1.807) is 12.5 Å². The lowest BCUT2D eigenvalue weighted by molar-refractivity contribution is -0.120. The highest BCUT2D eigenvalue weighted by Crippen LogP contribution is 2.09. The molecule has 1 aromatic rings. The number of rotatable bonds is 5. The van der Waals surface area contributed by atoms with Crippen molar-refractivity contribution < 1.29 is 4.79 Å². The van der Waals surface area contributed by atoms with Crippen LogP contribution in [0.15, 0.2) is 12.5 Å². The fraction of sp³-hybridized carbons (Fsp3) is 0.600. The molecule has 15 heavy (non-hydrogen) atoms. The van der Waals surface area contributed by atoms with Crippen LogP contribution in [-0.4, -0.2) is 40.5 Å². The van der Waals surface area contributed by atoms with Crippen molar-refractivity contribution in [2.45, 2.75) is 25.4 Å². The minimum atomic E-state index is 0.227. The van der Waals surface area contributed by atoms with Gasteiger partial charge in [0.2, 0.25) is 6.41 Å². The summed E-state index contributed by atoms with van der Waals surface area (Å²) in [5.41, 5.74) is 1.07. The summed E-state index contributed by atoms with van der Waals surface area (Å²) in [5.74, 6) is 0. The zero-order valence-electron chi connectivity index (χ0n) is 8.65. The first-order chi connectivity index (χ1) is 7.40. The number of carbonyl (C=O) groups excluding carboxylic acids is 1. The number of H-pyrrole nitrogens is 1. The molecule has 2 heterocycles. The summed E-state index contributed by atoms with van der Waals surface area (Å²) in [6.45, 7) is 1.75. The number of aromatic nitrogens is 2. The van der Waals surface area contributed by atoms with Crippen LogP contribution in [0.5, 0.6) is 0 Å². The molecule has 1 aliphatic heterocycles. The number of carbonyl (C=O) groups is 1. The summed E-state index contributed by atoms with van der Waals surface area (Å²) < 4.78 is 0. The van der Waals surface area contributed by atoms with Gasteiger partial charge in [0.25, 0.3) is 0 Å². The minimum Gasteiger partial charge on any atom is -0.348 e. The molecule has 2 rings (SSSR count). The predicted molar refractivity (Wildman–Crippen MR) is 56.1 cm³/mol. The van der Waals surface area contributed by atoms with E-state index in [9.17, 15) is 4.79 Å². The van der Waals surface area contributed by atoms with Crippen molar-refractivity contribution in [2.75, 3.05) is 13.1 Å². The summed E-state index contributed by atoms with van der Waals surface area (Å²) in [7, 11) is 0. The van der Waals surface area contributed by atoms with Crippen LogP contribution in [0.4, 0.5) is 0 Å². The molecule has 1 aromatic heterocycles. The molecular weight excluding hydrogens is 192 g/mol. The van der Waals surface area contributed by atoms with Gasteiger partial charge < -0.3 is 9.88 Å². The first-order valence-corrected chi connectivity index (χ1v) is 5.32. The van der Waals surface area contributed by atoms with Gasteiger partial charge in [0.1, 0.15) is 0 Å². The van der Waals surface area contributed by atoms with Crippen molar-refractivity contribution in [2.24, 2.45) is 0 Å². The number of imidazole rings is 1. The SMILES string of the molecule is O=CN(CCc1cnc[nH]1)[C@H]1CCCN1. The predicted octanol–water partition coefficient (Wildman–Crippen LogP) is 0.120. The van der Waals surface area contributed by atoms with E-state index in [-0.39, 0.29) is 6.17 Å². The number of aromatic amines is 1. The Balaban J connectivity index is 1.82. The first kappa shape index (κ1) is 10.2. The van der Waals surface area contributed by atoms with Gasteiger partial charge in [0.15, 0.2) is 0 Å². The van der Waals surface area contributed by atoms with E-state index in [2.05, 4.69) is 15.3 Å². The Kier molecular flexibility index (Phi) is 3.34. The van der Waals surface area contributed by atoms with Crippen LogP contribution >= 0.6 is 0 Å². The average Bonchev–Trinajstić information content (AvgIpc) is 2.90. The van der Waals surface area contributed by atoms with Gasteiger partial charge in [-0.05, 0) is 19.4 Å². The molecule has 0 aliphatic carbocycles. The van der Waals surface area contributed by atoms with Gasteiger partial charge >= 0.3 is 0 Å². The molecule has 5 heteroatoms. The van der Waals surface area contributed by atoms with Crippen LogP contribution in [0.1, 0.15) is 18.5 Å². The van der Waals surface area contributed by atoms with E-state index >= 15 is 0 Å². The van der Waals surface area contributed by atoms with E-state index in [1.807, 2.05) is 4.90 Å². The molecule has 0 radical (unpaired) electrons. The summed E-state index contributed by atoms with van der Waals surface area (Å²) in [5, 5.41) is 3.31. The second kappa shape index (κ2) is 4.93. The topological polar surface area (TPSA) is 61.0 Å². The third-order valence-corrected chi connectivity index (χ3v) is 2.76. The Morgan fingerprint density at radius 3 is 3.20 bits per heavy atom. The zero-order valence-corrected chi connectivity index (χ0v) is 8.65. The van der Waals surface area contributed by atoms with Crippen molar-refractivity contribution in [3.8, 4) is 0 Å². The highest BCUT2D eigenvalue weighted by molar-refractivity contribution is 5.47. The van der Waals surface area contributed by atoms with Gasteiger partial charge in [0, 0.05) is 24.9 Å². The molecule has 1 aliphatic rings. The molecule has 2 N–H and O–H groups in total. The van der Waals surface area contributed by atoms with Crippen molar-refractivity contribution in [1.29, 1.82) is 0 Å². The normalized spacial score (nSPS) is 20.4. The molecule has 1 atom stereocenters. The monoisotopic (exact) mass is 208 g/mol. The van der Waals surface area contributed by atoms with Gasteiger partial charge in [-0.1, -0.05) is 0 Å². The van der Waals surface area contributed by atoms with Gasteiger partial charge in [-0.3, -0.25) is 10.1 Å². The second-order valence-electron chi connectivity index (χ2n) is 3.78. The third-order valence-electron chi connectivity index (χ3n) is 2.76. The fourth-order valence-electron chi connectivity index (χ4n) is 1.90. The lowest BCUT2D eigenvalue weighted by Crippen LogP contribution is -2.42. The Morgan fingerprint density at radius 1 is 1.67 bits per heavy atom. The number of nitrogens with zero attached hydrogens (tertiary/aromatic N) is 2. The molecule has 82 valence electrons. The maximum absolute atomic E-state index is 10.9. The molecule has 0 aromatic carbocycles. The molecule has 1 amide bonds. The van der Waals surface area contributed by atoms with Gasteiger partial charge in [-0.15, -0.1) is 0 Å². The maximum Gasteiger partial charge on any atom is 0.210 e. The average molecular weight is 208 g/mol. The standard InChI is InChI=1S/C10H16N4O/c15-8-14(10-2-1-4-12-10)5-3-9-6-11-7-13-9/h6-8,10,12H,1-5H2,(H,11,13)/t10-/m0/s1. The Labute approximate surface area is 88.9 Å². The molecule has 1 fully saturated rings. The second-order valence-corrected chi connectivity index (χ2v) is 3.78. The third kappa shape index (κ3) is 2.56. The van der Waals surface area contributed by atoms with Gasteiger partial charge in [-0.25, -0.2) is 4.98 Å². The quantitative estimate of drug-likeness (QED) is 0.676. The Hall–Kier alpha value is -1.36. The molecule has 0 bridgehead atoms. The van der Waals surface area contributed by atoms with E-state index in [0.717, 1.165) is 44.5 Å². The van der Waals surface area contributed by atoms with Crippen molar-refractivity contribution in [3.63, 3.8) is 0 Å². The van der Waals surface area contributed by atoms with E-state index in [0.29, 0.717) is 0 Å². The molecule has 5 nitrogen and oxygen atoms in total. The fourth-order valence-corrected chi connectivity index (χ4v) is 1.90. The lowest BCUT2D eigenvalue weighted by atomic mass is 10.2. The molecule has 0 unspecified atom stereocenters. The van der Waals surface area contributed by atoms with Crippen LogP contribution in [0, 0.1) is 0 Å². The van der Waals surface area contributed by atoms with E-state index in [1.165, 1.54) is 0 Å². The summed E-state index contributed by atoms with van der Waals surface area (Å²) in [6.07, 6.45) is 7.65. The number of hydrogen-bond acceptors (Lipinski definition) is 3. The van der Waals surface area contributed by atoms with Crippen molar-refractivity contribution >= 4 is 6.41 Å². The van der Waals surface area contributed by atoms with E-state index < -0.39 is 0 Å². The number of amides is 1. The Bertz CT molecular complexity index is 292. The van der Waals surface area contributed by atoms with Gasteiger partial charge in [-0.2, -0.15) is 0 Å². The molecule has 0 spiro atoms. The van der Waals surface area contributed by atoms with Crippen LogP contribution in [-0.2, 0) is 11.2 Å². The Morgan fingerprint density at radius 2 is 2.60 bits per heavy atom. The largest absolute Gasteiger partial charge is 0.348 e. The summed E-state index contributed by atoms with van der Waals surface area (Å²) >= 11 is 0. The summed E-state index contributed by atoms with van der Waals surface area (Å²) in [6, 6.07) is 0. The van der Waals surface area contributed by atoms with Gasteiger partial charge in [0.05, 0.1) is 12.5 Å². The van der Waals surface area contributed by atoms with E-state index in [4.69, 9.17) is 0 Å².